The van der Waals surface area contributed by atoms with E-state index in [1.54, 1.807) is 6.07 Å². The number of aryl methyl sites for hydroxylation is 1. The van der Waals surface area contributed by atoms with E-state index in [1.807, 2.05) is 12.1 Å². The van der Waals surface area contributed by atoms with Crippen LogP contribution in [-0.4, -0.2) is 0 Å². The third-order valence-electron chi connectivity index (χ3n) is 2.73. The SMILES string of the molecule is C#CC(F)c1ccc2c(c1)CCC2N.Cl. The topological polar surface area (TPSA) is 26.0 Å². The summed E-state index contributed by atoms with van der Waals surface area (Å²) < 4.78 is 13.2. The maximum Gasteiger partial charge on any atom is 0.185 e. The summed E-state index contributed by atoms with van der Waals surface area (Å²) in [5.41, 5.74) is 8.72. The second-order valence-electron chi connectivity index (χ2n) is 3.63. The van der Waals surface area contributed by atoms with Crippen molar-refractivity contribution in [1.82, 2.24) is 0 Å². The number of hydrogen-bond acceptors (Lipinski definition) is 1. The molecule has 1 aromatic carbocycles. The molecule has 2 rings (SSSR count). The van der Waals surface area contributed by atoms with Crippen LogP contribution in [-0.2, 0) is 6.42 Å². The van der Waals surface area contributed by atoms with E-state index in [2.05, 4.69) is 5.92 Å². The van der Waals surface area contributed by atoms with Crippen LogP contribution in [0.15, 0.2) is 18.2 Å². The van der Waals surface area contributed by atoms with Gasteiger partial charge in [0.25, 0.3) is 0 Å². The molecule has 0 saturated carbocycles. The molecule has 80 valence electrons. The van der Waals surface area contributed by atoms with Crippen LogP contribution in [0.3, 0.4) is 0 Å². The monoisotopic (exact) mass is 225 g/mol. The highest BCUT2D eigenvalue weighted by Gasteiger charge is 2.20. The summed E-state index contributed by atoms with van der Waals surface area (Å²) in [7, 11) is 0. The first-order valence-corrected chi connectivity index (χ1v) is 4.71. The highest BCUT2D eigenvalue weighted by Crippen LogP contribution is 2.31. The first-order valence-electron chi connectivity index (χ1n) is 4.71. The molecule has 0 radical (unpaired) electrons. The summed E-state index contributed by atoms with van der Waals surface area (Å²) in [6, 6.07) is 5.58. The van der Waals surface area contributed by atoms with Crippen molar-refractivity contribution in [2.75, 3.05) is 0 Å². The fraction of sp³-hybridized carbons (Fsp3) is 0.333. The Balaban J connectivity index is 0.00000112. The van der Waals surface area contributed by atoms with Gasteiger partial charge in [0.15, 0.2) is 6.17 Å². The largest absolute Gasteiger partial charge is 0.324 e. The average Bonchev–Trinajstić information content (AvgIpc) is 2.59. The maximum absolute atomic E-state index is 13.2. The quantitative estimate of drug-likeness (QED) is 0.731. The first kappa shape index (κ1) is 12.0. The zero-order valence-corrected chi connectivity index (χ0v) is 9.06. The Hall–Kier alpha value is -1.04. The molecule has 15 heavy (non-hydrogen) atoms. The third kappa shape index (κ3) is 2.14. The number of halogens is 2. The number of fused-ring (bicyclic) bond motifs is 1. The normalized spacial score (nSPS) is 19.9. The number of benzene rings is 1. The van der Waals surface area contributed by atoms with E-state index in [4.69, 9.17) is 12.2 Å². The van der Waals surface area contributed by atoms with Crippen LogP contribution in [0.4, 0.5) is 4.39 Å². The molecular formula is C12H13ClFN. The number of terminal acetylenes is 1. The van der Waals surface area contributed by atoms with Gasteiger partial charge in [0.2, 0.25) is 0 Å². The molecule has 0 aromatic heterocycles. The molecule has 1 nitrogen and oxygen atoms in total. The van der Waals surface area contributed by atoms with Crippen molar-refractivity contribution in [3.05, 3.63) is 34.9 Å². The fourth-order valence-electron chi connectivity index (χ4n) is 1.92. The maximum atomic E-state index is 13.2. The van der Waals surface area contributed by atoms with Crippen LogP contribution >= 0.6 is 12.4 Å². The van der Waals surface area contributed by atoms with Gasteiger partial charge in [0, 0.05) is 6.04 Å². The van der Waals surface area contributed by atoms with Gasteiger partial charge in [-0.15, -0.1) is 18.8 Å². The Morgan fingerprint density at radius 3 is 2.93 bits per heavy atom. The predicted octanol–water partition coefficient (Wildman–Crippen LogP) is 2.70. The van der Waals surface area contributed by atoms with Crippen molar-refractivity contribution < 1.29 is 4.39 Å². The Kier molecular flexibility index (Phi) is 3.73. The zero-order chi connectivity index (χ0) is 10.1. The van der Waals surface area contributed by atoms with Crippen molar-refractivity contribution >= 4 is 12.4 Å². The number of hydrogen-bond donors (Lipinski definition) is 1. The molecule has 0 fully saturated rings. The molecule has 3 heteroatoms. The van der Waals surface area contributed by atoms with Crippen molar-refractivity contribution in [1.29, 1.82) is 0 Å². The summed E-state index contributed by atoms with van der Waals surface area (Å²) in [4.78, 5) is 0. The second kappa shape index (κ2) is 4.65. The fourth-order valence-corrected chi connectivity index (χ4v) is 1.92. The number of nitrogens with two attached hydrogens (primary N) is 1. The summed E-state index contributed by atoms with van der Waals surface area (Å²) in [5, 5.41) is 0. The van der Waals surface area contributed by atoms with Crippen molar-refractivity contribution in [3.8, 4) is 12.3 Å². The second-order valence-corrected chi connectivity index (χ2v) is 3.63. The summed E-state index contributed by atoms with van der Waals surface area (Å²) in [6.07, 6.45) is 5.61. The van der Waals surface area contributed by atoms with E-state index >= 15 is 0 Å². The Morgan fingerprint density at radius 1 is 1.53 bits per heavy atom. The number of rotatable bonds is 1. The van der Waals surface area contributed by atoms with Gasteiger partial charge in [-0.2, -0.15) is 0 Å². The van der Waals surface area contributed by atoms with Crippen molar-refractivity contribution in [3.63, 3.8) is 0 Å². The van der Waals surface area contributed by atoms with Gasteiger partial charge >= 0.3 is 0 Å². The third-order valence-corrected chi connectivity index (χ3v) is 2.73. The lowest BCUT2D eigenvalue weighted by atomic mass is 10.0. The highest BCUT2D eigenvalue weighted by molar-refractivity contribution is 5.85. The summed E-state index contributed by atoms with van der Waals surface area (Å²) >= 11 is 0. The first-order chi connectivity index (χ1) is 6.72. The van der Waals surface area contributed by atoms with E-state index in [0.717, 1.165) is 24.0 Å². The van der Waals surface area contributed by atoms with Crippen molar-refractivity contribution in [2.45, 2.75) is 25.1 Å². The van der Waals surface area contributed by atoms with Crippen LogP contribution in [0.1, 0.15) is 35.3 Å². The molecule has 2 N–H and O–H groups in total. The molecule has 1 aromatic rings. The van der Waals surface area contributed by atoms with E-state index in [9.17, 15) is 4.39 Å². The molecule has 0 bridgehead atoms. The van der Waals surface area contributed by atoms with E-state index < -0.39 is 6.17 Å². The highest BCUT2D eigenvalue weighted by atomic mass is 35.5. The van der Waals surface area contributed by atoms with Gasteiger partial charge in [-0.1, -0.05) is 24.1 Å². The number of alkyl halides is 1. The van der Waals surface area contributed by atoms with Gasteiger partial charge < -0.3 is 5.73 Å². The Morgan fingerprint density at radius 2 is 2.27 bits per heavy atom. The molecule has 0 heterocycles. The molecule has 1 aliphatic carbocycles. The van der Waals surface area contributed by atoms with Crippen LogP contribution in [0, 0.1) is 12.3 Å². The van der Waals surface area contributed by atoms with E-state index in [0.29, 0.717) is 5.56 Å². The Bertz CT molecular complexity index is 397. The van der Waals surface area contributed by atoms with Gasteiger partial charge in [-0.3, -0.25) is 0 Å². The van der Waals surface area contributed by atoms with E-state index in [-0.39, 0.29) is 18.4 Å². The molecule has 0 spiro atoms. The van der Waals surface area contributed by atoms with Gasteiger partial charge in [0.1, 0.15) is 0 Å². The molecule has 0 amide bonds. The van der Waals surface area contributed by atoms with Crippen LogP contribution in [0.5, 0.6) is 0 Å². The molecule has 0 saturated heterocycles. The van der Waals surface area contributed by atoms with Crippen LogP contribution < -0.4 is 5.73 Å². The van der Waals surface area contributed by atoms with E-state index in [1.165, 1.54) is 0 Å². The minimum atomic E-state index is -1.29. The minimum absolute atomic E-state index is 0. The minimum Gasteiger partial charge on any atom is -0.324 e. The molecular weight excluding hydrogens is 213 g/mol. The lowest BCUT2D eigenvalue weighted by molar-refractivity contribution is 0.428. The molecule has 2 unspecified atom stereocenters. The lowest BCUT2D eigenvalue weighted by Crippen LogP contribution is -2.05. The van der Waals surface area contributed by atoms with Gasteiger partial charge in [-0.05, 0) is 29.5 Å². The zero-order valence-electron chi connectivity index (χ0n) is 8.24. The lowest BCUT2D eigenvalue weighted by Gasteiger charge is -2.07. The van der Waals surface area contributed by atoms with Gasteiger partial charge in [0.05, 0.1) is 0 Å². The van der Waals surface area contributed by atoms with Crippen molar-refractivity contribution in [2.24, 2.45) is 5.73 Å². The predicted molar refractivity (Wildman–Crippen MR) is 61.6 cm³/mol. The smallest absolute Gasteiger partial charge is 0.185 e. The summed E-state index contributed by atoms with van der Waals surface area (Å²) in [5.74, 6) is 2.09. The van der Waals surface area contributed by atoms with Crippen LogP contribution in [0.2, 0.25) is 0 Å². The Labute approximate surface area is 95.3 Å². The molecule has 2 atom stereocenters. The standard InChI is InChI=1S/C12H12FN.ClH/c1-2-11(13)9-3-5-10-8(7-9)4-6-12(10)14;/h1,3,5,7,11-12H,4,6,14H2;1H. The molecule has 1 aliphatic rings. The summed E-state index contributed by atoms with van der Waals surface area (Å²) in [6.45, 7) is 0. The van der Waals surface area contributed by atoms with Gasteiger partial charge in [-0.25, -0.2) is 4.39 Å². The molecule has 0 aliphatic heterocycles. The van der Waals surface area contributed by atoms with Crippen LogP contribution in [0.25, 0.3) is 0 Å². The average molecular weight is 226 g/mol.